The van der Waals surface area contributed by atoms with E-state index in [4.69, 9.17) is 4.84 Å². The van der Waals surface area contributed by atoms with Crippen LogP contribution in [0.2, 0.25) is 0 Å². The minimum atomic E-state index is 0.550. The molecule has 0 saturated heterocycles. The highest BCUT2D eigenvalue weighted by molar-refractivity contribution is 14.1. The molecule has 1 aromatic carbocycles. The van der Waals surface area contributed by atoms with Gasteiger partial charge in [-0.3, -0.25) is 0 Å². The third-order valence-corrected chi connectivity index (χ3v) is 2.59. The van der Waals surface area contributed by atoms with E-state index in [0.717, 1.165) is 15.7 Å². The summed E-state index contributed by atoms with van der Waals surface area (Å²) in [6.07, 6.45) is 0. The molecule has 13 heavy (non-hydrogen) atoms. The highest BCUT2D eigenvalue weighted by Crippen LogP contribution is 2.00. The summed E-state index contributed by atoms with van der Waals surface area (Å²) in [6, 6.07) is 10.0. The third-order valence-electron chi connectivity index (χ3n) is 1.49. The van der Waals surface area contributed by atoms with Crippen LogP contribution in [0.3, 0.4) is 0 Å². The summed E-state index contributed by atoms with van der Waals surface area (Å²) in [5, 5.41) is 3.95. The fourth-order valence-corrected chi connectivity index (χ4v) is 0.955. The van der Waals surface area contributed by atoms with Gasteiger partial charge >= 0.3 is 0 Å². The Morgan fingerprint density at radius 2 is 2.08 bits per heavy atom. The zero-order valence-electron chi connectivity index (χ0n) is 7.53. The number of rotatable bonds is 4. The van der Waals surface area contributed by atoms with Crippen molar-refractivity contribution in [2.75, 3.05) is 4.43 Å². The minimum absolute atomic E-state index is 0.550. The van der Waals surface area contributed by atoms with E-state index < -0.39 is 0 Å². The predicted octanol–water partition coefficient (Wildman–Crippen LogP) is 3.01. The van der Waals surface area contributed by atoms with Crippen LogP contribution in [0.1, 0.15) is 12.5 Å². The summed E-state index contributed by atoms with van der Waals surface area (Å²) in [4.78, 5) is 5.16. The van der Waals surface area contributed by atoms with E-state index in [9.17, 15) is 0 Å². The molecule has 0 radical (unpaired) electrons. The molecule has 0 N–H and O–H groups in total. The maximum absolute atomic E-state index is 5.16. The molecule has 0 spiro atoms. The first-order valence-corrected chi connectivity index (χ1v) is 5.61. The summed E-state index contributed by atoms with van der Waals surface area (Å²) in [5.74, 6) is 0. The lowest BCUT2D eigenvalue weighted by molar-refractivity contribution is 0.130. The fourth-order valence-electron chi connectivity index (χ4n) is 0.816. The van der Waals surface area contributed by atoms with E-state index >= 15 is 0 Å². The second-order valence-electron chi connectivity index (χ2n) is 2.72. The summed E-state index contributed by atoms with van der Waals surface area (Å²) in [5.41, 5.74) is 2.16. The Labute approximate surface area is 92.1 Å². The molecule has 1 rings (SSSR count). The van der Waals surface area contributed by atoms with Crippen LogP contribution < -0.4 is 0 Å². The van der Waals surface area contributed by atoms with Crippen LogP contribution in [-0.4, -0.2) is 10.1 Å². The molecule has 0 saturated carbocycles. The van der Waals surface area contributed by atoms with Crippen LogP contribution in [0, 0.1) is 0 Å². The Balaban J connectivity index is 2.36. The normalized spacial score (nSPS) is 11.4. The Morgan fingerprint density at radius 1 is 1.38 bits per heavy atom. The fraction of sp³-hybridized carbons (Fsp3) is 0.300. The maximum atomic E-state index is 5.16. The maximum Gasteiger partial charge on any atom is 0.142 e. The van der Waals surface area contributed by atoms with Gasteiger partial charge in [0.2, 0.25) is 0 Å². The lowest BCUT2D eigenvalue weighted by Gasteiger charge is -1.99. The van der Waals surface area contributed by atoms with Crippen LogP contribution >= 0.6 is 22.6 Å². The van der Waals surface area contributed by atoms with E-state index in [0.29, 0.717) is 6.61 Å². The van der Waals surface area contributed by atoms with Gasteiger partial charge in [0.25, 0.3) is 0 Å². The lowest BCUT2D eigenvalue weighted by Crippen LogP contribution is -1.94. The first kappa shape index (κ1) is 10.5. The predicted molar refractivity (Wildman–Crippen MR) is 63.2 cm³/mol. The highest BCUT2D eigenvalue weighted by atomic mass is 127. The Kier molecular flexibility index (Phi) is 4.82. The highest BCUT2D eigenvalue weighted by Gasteiger charge is 1.90. The van der Waals surface area contributed by atoms with Crippen LogP contribution in [0.25, 0.3) is 0 Å². The molecule has 0 unspecified atom stereocenters. The largest absolute Gasteiger partial charge is 0.391 e. The van der Waals surface area contributed by atoms with Crippen molar-refractivity contribution >= 4 is 28.3 Å². The van der Waals surface area contributed by atoms with Crippen LogP contribution in [0.5, 0.6) is 0 Å². The Bertz CT molecular complexity index is 272. The topological polar surface area (TPSA) is 21.6 Å². The SMILES string of the molecule is C/C(CI)=N/OCc1ccccc1. The van der Waals surface area contributed by atoms with Gasteiger partial charge in [0.05, 0.1) is 5.71 Å². The lowest BCUT2D eigenvalue weighted by atomic mass is 10.2. The molecule has 0 aliphatic heterocycles. The number of hydrogen-bond donors (Lipinski definition) is 0. The van der Waals surface area contributed by atoms with E-state index in [1.807, 2.05) is 37.3 Å². The van der Waals surface area contributed by atoms with Gasteiger partial charge in [0, 0.05) is 4.43 Å². The monoisotopic (exact) mass is 289 g/mol. The van der Waals surface area contributed by atoms with Gasteiger partial charge in [-0.1, -0.05) is 58.1 Å². The number of hydrogen-bond acceptors (Lipinski definition) is 2. The minimum Gasteiger partial charge on any atom is -0.391 e. The van der Waals surface area contributed by atoms with E-state index in [-0.39, 0.29) is 0 Å². The second-order valence-corrected chi connectivity index (χ2v) is 3.48. The van der Waals surface area contributed by atoms with Crippen molar-refractivity contribution in [3.05, 3.63) is 35.9 Å². The molecule has 0 aromatic heterocycles. The molecule has 0 amide bonds. The van der Waals surface area contributed by atoms with Crippen molar-refractivity contribution in [3.63, 3.8) is 0 Å². The quantitative estimate of drug-likeness (QED) is 0.361. The van der Waals surface area contributed by atoms with E-state index in [1.165, 1.54) is 0 Å². The van der Waals surface area contributed by atoms with Gasteiger partial charge in [-0.25, -0.2) is 0 Å². The Hall–Kier alpha value is -0.580. The summed E-state index contributed by atoms with van der Waals surface area (Å²) in [7, 11) is 0. The van der Waals surface area contributed by atoms with Crippen molar-refractivity contribution in [3.8, 4) is 0 Å². The van der Waals surface area contributed by atoms with Crippen molar-refractivity contribution in [1.82, 2.24) is 0 Å². The molecule has 70 valence electrons. The molecular formula is C10H12INO. The van der Waals surface area contributed by atoms with Crippen molar-refractivity contribution in [1.29, 1.82) is 0 Å². The molecule has 0 fully saturated rings. The van der Waals surface area contributed by atoms with Gasteiger partial charge in [-0.15, -0.1) is 0 Å². The molecule has 0 atom stereocenters. The van der Waals surface area contributed by atoms with Gasteiger partial charge < -0.3 is 4.84 Å². The summed E-state index contributed by atoms with van der Waals surface area (Å²) in [6.45, 7) is 2.51. The van der Waals surface area contributed by atoms with Gasteiger partial charge in [-0.2, -0.15) is 0 Å². The first-order valence-electron chi connectivity index (χ1n) is 4.08. The summed E-state index contributed by atoms with van der Waals surface area (Å²) < 4.78 is 0.909. The van der Waals surface area contributed by atoms with Crippen molar-refractivity contribution in [2.45, 2.75) is 13.5 Å². The van der Waals surface area contributed by atoms with Crippen molar-refractivity contribution < 1.29 is 4.84 Å². The molecule has 0 heterocycles. The van der Waals surface area contributed by atoms with Crippen LogP contribution in [0.4, 0.5) is 0 Å². The number of nitrogens with zero attached hydrogens (tertiary/aromatic N) is 1. The first-order chi connectivity index (χ1) is 6.33. The second kappa shape index (κ2) is 5.96. The smallest absolute Gasteiger partial charge is 0.142 e. The van der Waals surface area contributed by atoms with Gasteiger partial charge in [0.15, 0.2) is 0 Å². The zero-order valence-corrected chi connectivity index (χ0v) is 9.69. The Morgan fingerprint density at radius 3 is 2.69 bits per heavy atom. The van der Waals surface area contributed by atoms with E-state index in [1.54, 1.807) is 0 Å². The molecule has 2 nitrogen and oxygen atoms in total. The average Bonchev–Trinajstić information content (AvgIpc) is 2.19. The van der Waals surface area contributed by atoms with Crippen LogP contribution in [-0.2, 0) is 11.4 Å². The number of benzene rings is 1. The number of alkyl halides is 1. The molecular weight excluding hydrogens is 277 g/mol. The molecule has 3 heteroatoms. The number of oxime groups is 1. The number of halogens is 1. The third kappa shape index (κ3) is 4.26. The molecule has 0 aliphatic rings. The zero-order chi connectivity index (χ0) is 9.52. The standard InChI is InChI=1S/C10H12INO/c1-9(7-11)12-13-8-10-5-3-2-4-6-10/h2-6H,7-8H2,1H3/b12-9-. The van der Waals surface area contributed by atoms with Gasteiger partial charge in [0.1, 0.15) is 6.61 Å². The van der Waals surface area contributed by atoms with Gasteiger partial charge in [-0.05, 0) is 12.5 Å². The van der Waals surface area contributed by atoms with Crippen molar-refractivity contribution in [2.24, 2.45) is 5.16 Å². The average molecular weight is 289 g/mol. The summed E-state index contributed by atoms with van der Waals surface area (Å²) >= 11 is 2.26. The molecule has 1 aromatic rings. The van der Waals surface area contributed by atoms with E-state index in [2.05, 4.69) is 27.7 Å². The van der Waals surface area contributed by atoms with Crippen LogP contribution in [0.15, 0.2) is 35.5 Å². The molecule has 0 bridgehead atoms. The molecule has 0 aliphatic carbocycles.